The van der Waals surface area contributed by atoms with Crippen molar-refractivity contribution in [2.75, 3.05) is 0 Å². The SMILES string of the molecule is O=c1cc(O)c(C(F)(F)F)cn1-c1ccccc1. The highest BCUT2D eigenvalue weighted by Crippen LogP contribution is 2.34. The third-order valence-electron chi connectivity index (χ3n) is 2.37. The van der Waals surface area contributed by atoms with Crippen LogP contribution in [0.2, 0.25) is 0 Å². The van der Waals surface area contributed by atoms with E-state index < -0.39 is 23.0 Å². The van der Waals surface area contributed by atoms with Crippen molar-refractivity contribution in [1.29, 1.82) is 0 Å². The predicted octanol–water partition coefficient (Wildman–Crippen LogP) is 2.56. The number of pyridine rings is 1. The minimum absolute atomic E-state index is 0.299. The minimum atomic E-state index is -4.71. The fourth-order valence-electron chi connectivity index (χ4n) is 1.53. The molecule has 18 heavy (non-hydrogen) atoms. The molecule has 1 N–H and O–H groups in total. The van der Waals surface area contributed by atoms with Crippen LogP contribution in [0, 0.1) is 0 Å². The summed E-state index contributed by atoms with van der Waals surface area (Å²) >= 11 is 0. The average Bonchev–Trinajstić information content (AvgIpc) is 2.28. The highest BCUT2D eigenvalue weighted by atomic mass is 19.4. The van der Waals surface area contributed by atoms with Gasteiger partial charge >= 0.3 is 6.18 Å². The first kappa shape index (κ1) is 12.2. The monoisotopic (exact) mass is 255 g/mol. The van der Waals surface area contributed by atoms with Gasteiger partial charge in [0.05, 0.1) is 0 Å². The van der Waals surface area contributed by atoms with Crippen molar-refractivity contribution < 1.29 is 18.3 Å². The molecule has 0 aliphatic carbocycles. The zero-order chi connectivity index (χ0) is 13.3. The van der Waals surface area contributed by atoms with Gasteiger partial charge in [-0.3, -0.25) is 9.36 Å². The van der Waals surface area contributed by atoms with E-state index in [2.05, 4.69) is 0 Å². The zero-order valence-corrected chi connectivity index (χ0v) is 8.98. The summed E-state index contributed by atoms with van der Waals surface area (Å²) in [6.07, 6.45) is -4.12. The van der Waals surface area contributed by atoms with Crippen LogP contribution in [0.3, 0.4) is 0 Å². The van der Waals surface area contributed by atoms with Gasteiger partial charge in [-0.15, -0.1) is 0 Å². The van der Waals surface area contributed by atoms with Crippen molar-refractivity contribution >= 4 is 0 Å². The lowest BCUT2D eigenvalue weighted by Crippen LogP contribution is -2.20. The molecule has 0 saturated carbocycles. The van der Waals surface area contributed by atoms with Crippen molar-refractivity contribution in [2.24, 2.45) is 0 Å². The molecule has 0 aliphatic rings. The Hall–Kier alpha value is -2.24. The second-order valence-corrected chi connectivity index (χ2v) is 3.61. The lowest BCUT2D eigenvalue weighted by Gasteiger charge is -2.12. The number of benzene rings is 1. The number of para-hydroxylation sites is 1. The second-order valence-electron chi connectivity index (χ2n) is 3.61. The molecule has 1 heterocycles. The lowest BCUT2D eigenvalue weighted by molar-refractivity contribution is -0.139. The Labute approximate surface area is 99.7 Å². The third-order valence-corrected chi connectivity index (χ3v) is 2.37. The highest BCUT2D eigenvalue weighted by Gasteiger charge is 2.34. The van der Waals surface area contributed by atoms with Crippen molar-refractivity contribution in [1.82, 2.24) is 4.57 Å². The van der Waals surface area contributed by atoms with Crippen molar-refractivity contribution in [3.63, 3.8) is 0 Å². The summed E-state index contributed by atoms with van der Waals surface area (Å²) in [4.78, 5) is 11.6. The van der Waals surface area contributed by atoms with Gasteiger partial charge in [0.2, 0.25) is 0 Å². The van der Waals surface area contributed by atoms with E-state index in [9.17, 15) is 18.0 Å². The van der Waals surface area contributed by atoms with E-state index in [-0.39, 0.29) is 0 Å². The molecule has 0 spiro atoms. The maximum absolute atomic E-state index is 12.6. The smallest absolute Gasteiger partial charge is 0.421 e. The quantitative estimate of drug-likeness (QED) is 0.850. The Balaban J connectivity index is 2.67. The fraction of sp³-hybridized carbons (Fsp3) is 0.0833. The minimum Gasteiger partial charge on any atom is -0.507 e. The van der Waals surface area contributed by atoms with E-state index in [1.165, 1.54) is 12.1 Å². The van der Waals surface area contributed by atoms with Crippen LogP contribution in [-0.4, -0.2) is 9.67 Å². The summed E-state index contributed by atoms with van der Waals surface area (Å²) in [5.74, 6) is -1.07. The van der Waals surface area contributed by atoms with E-state index in [0.717, 1.165) is 4.57 Å². The molecule has 1 aromatic carbocycles. The Morgan fingerprint density at radius 1 is 1.11 bits per heavy atom. The number of halogens is 3. The largest absolute Gasteiger partial charge is 0.507 e. The van der Waals surface area contributed by atoms with Crippen LogP contribution >= 0.6 is 0 Å². The van der Waals surface area contributed by atoms with E-state index >= 15 is 0 Å². The maximum Gasteiger partial charge on any atom is 0.421 e. The summed E-state index contributed by atoms with van der Waals surface area (Å²) in [5, 5.41) is 9.16. The van der Waals surface area contributed by atoms with Crippen molar-refractivity contribution in [3.8, 4) is 11.4 Å². The van der Waals surface area contributed by atoms with Gasteiger partial charge in [-0.05, 0) is 12.1 Å². The van der Waals surface area contributed by atoms with Gasteiger partial charge in [0.1, 0.15) is 11.3 Å². The molecular weight excluding hydrogens is 247 g/mol. The summed E-state index contributed by atoms with van der Waals surface area (Å²) < 4.78 is 38.6. The molecule has 0 atom stereocenters. The van der Waals surface area contributed by atoms with Crippen molar-refractivity contribution in [2.45, 2.75) is 6.18 Å². The van der Waals surface area contributed by atoms with E-state index in [0.29, 0.717) is 18.0 Å². The Morgan fingerprint density at radius 3 is 2.28 bits per heavy atom. The standard InChI is InChI=1S/C12H8F3NO2/c13-12(14,15)9-7-16(11(18)6-10(9)17)8-4-2-1-3-5-8/h1-7,17H. The molecular formula is C12H8F3NO2. The van der Waals surface area contributed by atoms with Crippen LogP contribution in [0.1, 0.15) is 5.56 Å². The topological polar surface area (TPSA) is 42.2 Å². The molecule has 0 bridgehead atoms. The molecule has 2 rings (SSSR count). The Bertz CT molecular complexity index is 617. The van der Waals surface area contributed by atoms with Gasteiger partial charge < -0.3 is 5.11 Å². The van der Waals surface area contributed by atoms with Crippen molar-refractivity contribution in [3.05, 3.63) is 58.5 Å². The van der Waals surface area contributed by atoms with Crippen LogP contribution in [0.4, 0.5) is 13.2 Å². The first-order valence-corrected chi connectivity index (χ1v) is 4.98. The van der Waals surface area contributed by atoms with Gasteiger partial charge in [0.25, 0.3) is 5.56 Å². The van der Waals surface area contributed by atoms with Gasteiger partial charge in [-0.1, -0.05) is 18.2 Å². The van der Waals surface area contributed by atoms with Crippen LogP contribution in [0.15, 0.2) is 47.4 Å². The fourth-order valence-corrected chi connectivity index (χ4v) is 1.53. The third kappa shape index (κ3) is 2.22. The number of nitrogens with zero attached hydrogens (tertiary/aromatic N) is 1. The molecule has 3 nitrogen and oxygen atoms in total. The Kier molecular flexibility index (Phi) is 2.86. The Morgan fingerprint density at radius 2 is 1.72 bits per heavy atom. The summed E-state index contributed by atoms with van der Waals surface area (Å²) in [5.41, 5.74) is -1.68. The molecule has 0 unspecified atom stereocenters. The molecule has 0 aliphatic heterocycles. The first-order chi connectivity index (χ1) is 8.39. The van der Waals surface area contributed by atoms with Gasteiger partial charge in [0.15, 0.2) is 0 Å². The summed E-state index contributed by atoms with van der Waals surface area (Å²) in [6.45, 7) is 0. The average molecular weight is 255 g/mol. The van der Waals surface area contributed by atoms with Crippen LogP contribution < -0.4 is 5.56 Å². The second kappa shape index (κ2) is 4.21. The van der Waals surface area contributed by atoms with Gasteiger partial charge in [-0.2, -0.15) is 13.2 Å². The molecule has 94 valence electrons. The molecule has 6 heteroatoms. The summed E-state index contributed by atoms with van der Waals surface area (Å²) in [7, 11) is 0. The zero-order valence-electron chi connectivity index (χ0n) is 8.98. The van der Waals surface area contributed by atoms with E-state index in [4.69, 9.17) is 5.11 Å². The van der Waals surface area contributed by atoms with Crippen LogP contribution in [0.25, 0.3) is 5.69 Å². The molecule has 2 aromatic rings. The van der Waals surface area contributed by atoms with E-state index in [1.54, 1.807) is 18.2 Å². The molecule has 0 amide bonds. The normalized spacial score (nSPS) is 11.5. The van der Waals surface area contributed by atoms with Gasteiger partial charge in [-0.25, -0.2) is 0 Å². The number of alkyl halides is 3. The first-order valence-electron chi connectivity index (χ1n) is 4.98. The van der Waals surface area contributed by atoms with Crippen LogP contribution in [-0.2, 0) is 6.18 Å². The van der Waals surface area contributed by atoms with Crippen LogP contribution in [0.5, 0.6) is 5.75 Å². The summed E-state index contributed by atoms with van der Waals surface area (Å²) in [6, 6.07) is 8.43. The number of hydrogen-bond acceptors (Lipinski definition) is 2. The van der Waals surface area contributed by atoms with Gasteiger partial charge in [0, 0.05) is 18.0 Å². The number of hydrogen-bond donors (Lipinski definition) is 1. The molecule has 0 fully saturated rings. The van der Waals surface area contributed by atoms with E-state index in [1.807, 2.05) is 0 Å². The highest BCUT2D eigenvalue weighted by molar-refractivity contribution is 5.38. The molecule has 1 aromatic heterocycles. The predicted molar refractivity (Wildman–Crippen MR) is 58.7 cm³/mol. The lowest BCUT2D eigenvalue weighted by atomic mass is 10.2. The number of rotatable bonds is 1. The number of aromatic hydroxyl groups is 1. The molecule has 0 radical (unpaired) electrons. The molecule has 0 saturated heterocycles. The number of aromatic nitrogens is 1. The maximum atomic E-state index is 12.6.